The summed E-state index contributed by atoms with van der Waals surface area (Å²) < 4.78 is 4.85. The van der Waals surface area contributed by atoms with Gasteiger partial charge in [0.1, 0.15) is 6.61 Å². The standard InChI is InChI=1S/C11H12N2O3/c12-7-9-1-3-10(4-2-9)13-11(15)8-16-6-5-14/h1-4,14H,5-6,8H2,(H,13,15). The van der Waals surface area contributed by atoms with E-state index in [0.717, 1.165) is 0 Å². The van der Waals surface area contributed by atoms with Crippen LogP contribution in [0, 0.1) is 11.3 Å². The molecular weight excluding hydrogens is 208 g/mol. The van der Waals surface area contributed by atoms with Crippen LogP contribution in [0.1, 0.15) is 5.56 Å². The number of aliphatic hydroxyl groups is 1. The van der Waals surface area contributed by atoms with E-state index in [1.165, 1.54) is 0 Å². The highest BCUT2D eigenvalue weighted by atomic mass is 16.5. The number of ether oxygens (including phenoxy) is 1. The lowest BCUT2D eigenvalue weighted by atomic mass is 10.2. The van der Waals surface area contributed by atoms with Gasteiger partial charge in [-0.25, -0.2) is 0 Å². The summed E-state index contributed by atoms with van der Waals surface area (Å²) in [6.45, 7) is -0.0640. The third-order valence-corrected chi connectivity index (χ3v) is 1.77. The molecule has 0 atom stereocenters. The molecule has 5 nitrogen and oxygen atoms in total. The minimum absolute atomic E-state index is 0.0967. The van der Waals surface area contributed by atoms with E-state index >= 15 is 0 Å². The van der Waals surface area contributed by atoms with Crippen LogP contribution in [0.2, 0.25) is 0 Å². The summed E-state index contributed by atoms with van der Waals surface area (Å²) in [6.07, 6.45) is 0. The maximum absolute atomic E-state index is 11.3. The van der Waals surface area contributed by atoms with Crippen molar-refractivity contribution in [2.45, 2.75) is 0 Å². The van der Waals surface area contributed by atoms with Crippen molar-refractivity contribution in [3.05, 3.63) is 29.8 Å². The second-order valence-electron chi connectivity index (χ2n) is 3.01. The molecule has 0 aliphatic heterocycles. The van der Waals surface area contributed by atoms with Gasteiger partial charge in [0.2, 0.25) is 5.91 Å². The summed E-state index contributed by atoms with van der Waals surface area (Å²) in [7, 11) is 0. The Balaban J connectivity index is 2.41. The molecule has 0 bridgehead atoms. The molecule has 0 aromatic heterocycles. The lowest BCUT2D eigenvalue weighted by molar-refractivity contribution is -0.120. The minimum Gasteiger partial charge on any atom is -0.394 e. The zero-order valence-electron chi connectivity index (χ0n) is 8.64. The van der Waals surface area contributed by atoms with E-state index in [-0.39, 0.29) is 25.7 Å². The van der Waals surface area contributed by atoms with Crippen molar-refractivity contribution in [3.63, 3.8) is 0 Å². The van der Waals surface area contributed by atoms with Crippen LogP contribution < -0.4 is 5.32 Å². The summed E-state index contributed by atoms with van der Waals surface area (Å²) in [4.78, 5) is 11.3. The summed E-state index contributed by atoms with van der Waals surface area (Å²) in [5.74, 6) is -0.293. The Morgan fingerprint density at radius 2 is 2.12 bits per heavy atom. The average molecular weight is 220 g/mol. The highest BCUT2D eigenvalue weighted by Crippen LogP contribution is 2.08. The van der Waals surface area contributed by atoms with E-state index in [1.807, 2.05) is 6.07 Å². The number of rotatable bonds is 5. The molecule has 2 N–H and O–H groups in total. The van der Waals surface area contributed by atoms with Crippen LogP contribution in [-0.2, 0) is 9.53 Å². The molecule has 5 heteroatoms. The number of carbonyl (C=O) groups is 1. The van der Waals surface area contributed by atoms with Crippen molar-refractivity contribution in [1.82, 2.24) is 0 Å². The van der Waals surface area contributed by atoms with Crippen LogP contribution in [0.15, 0.2) is 24.3 Å². The first-order valence-corrected chi connectivity index (χ1v) is 4.75. The van der Waals surface area contributed by atoms with Crippen LogP contribution in [0.5, 0.6) is 0 Å². The van der Waals surface area contributed by atoms with Gasteiger partial charge < -0.3 is 15.2 Å². The number of aliphatic hydroxyl groups excluding tert-OH is 1. The number of anilines is 1. The van der Waals surface area contributed by atoms with E-state index in [1.54, 1.807) is 24.3 Å². The lowest BCUT2D eigenvalue weighted by Gasteiger charge is -2.05. The molecule has 1 amide bonds. The van der Waals surface area contributed by atoms with Crippen LogP contribution in [0.3, 0.4) is 0 Å². The highest BCUT2D eigenvalue weighted by molar-refractivity contribution is 5.91. The Morgan fingerprint density at radius 1 is 1.44 bits per heavy atom. The first kappa shape index (κ1) is 12.2. The lowest BCUT2D eigenvalue weighted by Crippen LogP contribution is -2.19. The molecule has 0 saturated heterocycles. The second-order valence-corrected chi connectivity index (χ2v) is 3.01. The van der Waals surface area contributed by atoms with Crippen molar-refractivity contribution in [3.8, 4) is 6.07 Å². The summed E-state index contributed by atoms with van der Waals surface area (Å²) in [5, 5.41) is 19.6. The summed E-state index contributed by atoms with van der Waals surface area (Å²) in [5.41, 5.74) is 1.14. The van der Waals surface area contributed by atoms with Crippen LogP contribution in [0.4, 0.5) is 5.69 Å². The fourth-order valence-corrected chi connectivity index (χ4v) is 1.05. The number of nitrogens with zero attached hydrogens (tertiary/aromatic N) is 1. The van der Waals surface area contributed by atoms with Crippen LogP contribution in [-0.4, -0.2) is 30.8 Å². The van der Waals surface area contributed by atoms with E-state index in [4.69, 9.17) is 15.1 Å². The van der Waals surface area contributed by atoms with Crippen molar-refractivity contribution in [2.24, 2.45) is 0 Å². The Kier molecular flexibility index (Phi) is 4.99. The van der Waals surface area contributed by atoms with Gasteiger partial charge in [-0.15, -0.1) is 0 Å². The van der Waals surface area contributed by atoms with Gasteiger partial charge in [0.15, 0.2) is 0 Å². The Hall–Kier alpha value is -1.90. The molecule has 0 heterocycles. The number of hydrogen-bond acceptors (Lipinski definition) is 4. The van der Waals surface area contributed by atoms with Crippen LogP contribution in [0.25, 0.3) is 0 Å². The molecule has 0 saturated carbocycles. The highest BCUT2D eigenvalue weighted by Gasteiger charge is 2.01. The first-order valence-electron chi connectivity index (χ1n) is 4.75. The number of nitriles is 1. The molecule has 0 aliphatic rings. The Labute approximate surface area is 93.3 Å². The normalized spacial score (nSPS) is 9.50. The number of carbonyl (C=O) groups excluding carboxylic acids is 1. The Bertz CT molecular complexity index is 381. The third-order valence-electron chi connectivity index (χ3n) is 1.77. The number of amides is 1. The first-order chi connectivity index (χ1) is 7.76. The average Bonchev–Trinajstić information content (AvgIpc) is 2.30. The van der Waals surface area contributed by atoms with E-state index < -0.39 is 0 Å². The molecule has 0 fully saturated rings. The van der Waals surface area contributed by atoms with Crippen LogP contribution >= 0.6 is 0 Å². The maximum Gasteiger partial charge on any atom is 0.250 e. The van der Waals surface area contributed by atoms with E-state index in [2.05, 4.69) is 5.32 Å². The zero-order valence-corrected chi connectivity index (χ0v) is 8.64. The number of hydrogen-bond donors (Lipinski definition) is 2. The molecule has 0 radical (unpaired) electrons. The van der Waals surface area contributed by atoms with Gasteiger partial charge in [-0.2, -0.15) is 5.26 Å². The van der Waals surface area contributed by atoms with Crippen molar-refractivity contribution in [2.75, 3.05) is 25.1 Å². The molecule has 0 aliphatic carbocycles. The number of benzene rings is 1. The molecule has 1 aromatic rings. The van der Waals surface area contributed by atoms with E-state index in [9.17, 15) is 4.79 Å². The number of nitrogens with one attached hydrogen (secondary N) is 1. The summed E-state index contributed by atoms with van der Waals surface area (Å²) >= 11 is 0. The quantitative estimate of drug-likeness (QED) is 0.708. The smallest absolute Gasteiger partial charge is 0.250 e. The largest absolute Gasteiger partial charge is 0.394 e. The maximum atomic E-state index is 11.3. The molecule has 16 heavy (non-hydrogen) atoms. The topological polar surface area (TPSA) is 82.4 Å². The fraction of sp³-hybridized carbons (Fsp3) is 0.273. The van der Waals surface area contributed by atoms with Gasteiger partial charge >= 0.3 is 0 Å². The SMILES string of the molecule is N#Cc1ccc(NC(=O)COCCO)cc1. The Morgan fingerprint density at radius 3 is 2.69 bits per heavy atom. The second kappa shape index (κ2) is 6.56. The predicted octanol–water partition coefficient (Wildman–Crippen LogP) is 0.506. The van der Waals surface area contributed by atoms with Gasteiger partial charge in [0, 0.05) is 5.69 Å². The van der Waals surface area contributed by atoms with Gasteiger partial charge in [0.05, 0.1) is 24.8 Å². The van der Waals surface area contributed by atoms with Crippen molar-refractivity contribution in [1.29, 1.82) is 5.26 Å². The molecule has 1 rings (SSSR count). The summed E-state index contributed by atoms with van der Waals surface area (Å²) in [6, 6.07) is 8.50. The van der Waals surface area contributed by atoms with Crippen molar-refractivity contribution >= 4 is 11.6 Å². The molecular formula is C11H12N2O3. The zero-order chi connectivity index (χ0) is 11.8. The van der Waals surface area contributed by atoms with E-state index in [0.29, 0.717) is 11.3 Å². The van der Waals surface area contributed by atoms with Gasteiger partial charge in [-0.3, -0.25) is 4.79 Å². The molecule has 0 unspecified atom stereocenters. The molecule has 0 spiro atoms. The molecule has 1 aromatic carbocycles. The van der Waals surface area contributed by atoms with Gasteiger partial charge in [-0.1, -0.05) is 0 Å². The van der Waals surface area contributed by atoms with Crippen molar-refractivity contribution < 1.29 is 14.6 Å². The van der Waals surface area contributed by atoms with Gasteiger partial charge in [-0.05, 0) is 24.3 Å². The van der Waals surface area contributed by atoms with Gasteiger partial charge in [0.25, 0.3) is 0 Å². The fourth-order valence-electron chi connectivity index (χ4n) is 1.05. The minimum atomic E-state index is -0.293. The monoisotopic (exact) mass is 220 g/mol. The third kappa shape index (κ3) is 4.09. The molecule has 84 valence electrons. The predicted molar refractivity (Wildman–Crippen MR) is 57.7 cm³/mol.